The molecule has 18 heavy (non-hydrogen) atoms. The summed E-state index contributed by atoms with van der Waals surface area (Å²) in [6.07, 6.45) is -0.551. The van der Waals surface area contributed by atoms with Crippen molar-refractivity contribution < 1.29 is 19.4 Å². The standard InChI is InChI=1S/C13H19NO4/c1-8(2)11(15)7-18-12-5-4-9(6-10(12)14)13(16)17-3/h4-6,8,11,15H,7,14H2,1-3H3. The number of rotatable bonds is 5. The number of anilines is 1. The van der Waals surface area contributed by atoms with E-state index in [2.05, 4.69) is 4.74 Å². The average Bonchev–Trinajstić information content (AvgIpc) is 2.35. The van der Waals surface area contributed by atoms with Crippen LogP contribution in [0, 0.1) is 5.92 Å². The van der Waals surface area contributed by atoms with Crippen LogP contribution in [-0.4, -0.2) is 30.9 Å². The molecule has 1 aromatic rings. The number of hydrogen-bond donors (Lipinski definition) is 2. The van der Waals surface area contributed by atoms with E-state index in [0.717, 1.165) is 0 Å². The minimum Gasteiger partial charge on any atom is -0.489 e. The lowest BCUT2D eigenvalue weighted by molar-refractivity contribution is 0.0600. The maximum Gasteiger partial charge on any atom is 0.337 e. The van der Waals surface area contributed by atoms with E-state index in [1.54, 1.807) is 12.1 Å². The van der Waals surface area contributed by atoms with Gasteiger partial charge < -0.3 is 20.3 Å². The van der Waals surface area contributed by atoms with Crippen LogP contribution >= 0.6 is 0 Å². The molecule has 1 unspecified atom stereocenters. The fraction of sp³-hybridized carbons (Fsp3) is 0.462. The number of aliphatic hydroxyl groups is 1. The predicted octanol–water partition coefficient (Wildman–Crippen LogP) is 1.45. The lowest BCUT2D eigenvalue weighted by atomic mass is 10.1. The van der Waals surface area contributed by atoms with E-state index < -0.39 is 12.1 Å². The Morgan fingerprint density at radius 1 is 1.44 bits per heavy atom. The molecule has 1 rings (SSSR count). The molecule has 100 valence electrons. The molecule has 0 saturated carbocycles. The molecule has 0 aliphatic rings. The Hall–Kier alpha value is -1.75. The smallest absolute Gasteiger partial charge is 0.337 e. The highest BCUT2D eigenvalue weighted by Gasteiger charge is 2.12. The minimum absolute atomic E-state index is 0.112. The topological polar surface area (TPSA) is 81.8 Å². The summed E-state index contributed by atoms with van der Waals surface area (Å²) in [6.45, 7) is 3.97. The Kier molecular flexibility index (Phi) is 4.97. The number of hydrogen-bond acceptors (Lipinski definition) is 5. The Balaban J connectivity index is 2.71. The largest absolute Gasteiger partial charge is 0.489 e. The number of carbonyl (C=O) groups is 1. The predicted molar refractivity (Wildman–Crippen MR) is 68.5 cm³/mol. The Labute approximate surface area is 107 Å². The van der Waals surface area contributed by atoms with E-state index in [1.807, 2.05) is 13.8 Å². The van der Waals surface area contributed by atoms with Crippen molar-refractivity contribution in [1.82, 2.24) is 0 Å². The van der Waals surface area contributed by atoms with Gasteiger partial charge in [-0.3, -0.25) is 0 Å². The van der Waals surface area contributed by atoms with E-state index >= 15 is 0 Å². The molecule has 0 fully saturated rings. The Bertz CT molecular complexity index is 417. The summed E-state index contributed by atoms with van der Waals surface area (Å²) >= 11 is 0. The normalized spacial score (nSPS) is 12.3. The zero-order valence-electron chi connectivity index (χ0n) is 10.8. The first-order valence-electron chi connectivity index (χ1n) is 5.74. The fourth-order valence-electron chi connectivity index (χ4n) is 1.29. The van der Waals surface area contributed by atoms with Gasteiger partial charge in [0, 0.05) is 0 Å². The van der Waals surface area contributed by atoms with Crippen LogP contribution in [-0.2, 0) is 4.74 Å². The third-order valence-electron chi connectivity index (χ3n) is 2.61. The van der Waals surface area contributed by atoms with Crippen LogP contribution in [0.5, 0.6) is 5.75 Å². The Morgan fingerprint density at radius 2 is 2.11 bits per heavy atom. The van der Waals surface area contributed by atoms with Gasteiger partial charge in [-0.25, -0.2) is 4.79 Å². The highest BCUT2D eigenvalue weighted by Crippen LogP contribution is 2.23. The third-order valence-corrected chi connectivity index (χ3v) is 2.61. The molecule has 0 saturated heterocycles. The van der Waals surface area contributed by atoms with Gasteiger partial charge in [-0.2, -0.15) is 0 Å². The minimum atomic E-state index is -0.551. The third kappa shape index (κ3) is 3.63. The van der Waals surface area contributed by atoms with Crippen LogP contribution in [0.3, 0.4) is 0 Å². The van der Waals surface area contributed by atoms with Crippen LogP contribution in [0.1, 0.15) is 24.2 Å². The summed E-state index contributed by atoms with van der Waals surface area (Å²) in [5.41, 5.74) is 6.47. The molecule has 0 spiro atoms. The van der Waals surface area contributed by atoms with E-state index in [-0.39, 0.29) is 12.5 Å². The van der Waals surface area contributed by atoms with Gasteiger partial charge >= 0.3 is 5.97 Å². The van der Waals surface area contributed by atoms with E-state index in [9.17, 15) is 9.90 Å². The first-order chi connectivity index (χ1) is 8.45. The maximum absolute atomic E-state index is 11.3. The molecule has 0 aliphatic heterocycles. The number of benzene rings is 1. The summed E-state index contributed by atoms with van der Waals surface area (Å²) in [7, 11) is 1.31. The van der Waals surface area contributed by atoms with Crippen molar-refractivity contribution in [3.63, 3.8) is 0 Å². The quantitative estimate of drug-likeness (QED) is 0.613. The molecule has 0 bridgehead atoms. The second-order valence-corrected chi connectivity index (χ2v) is 4.37. The number of aliphatic hydroxyl groups excluding tert-OH is 1. The van der Waals surface area contributed by atoms with Crippen LogP contribution in [0.15, 0.2) is 18.2 Å². The van der Waals surface area contributed by atoms with Gasteiger partial charge in [0.25, 0.3) is 0 Å². The van der Waals surface area contributed by atoms with Crippen LogP contribution in [0.25, 0.3) is 0 Å². The molecule has 3 N–H and O–H groups in total. The van der Waals surface area contributed by atoms with Crippen molar-refractivity contribution in [3.8, 4) is 5.75 Å². The van der Waals surface area contributed by atoms with Crippen molar-refractivity contribution >= 4 is 11.7 Å². The number of esters is 1. The van der Waals surface area contributed by atoms with Crippen LogP contribution in [0.2, 0.25) is 0 Å². The van der Waals surface area contributed by atoms with E-state index in [1.165, 1.54) is 13.2 Å². The molecule has 5 nitrogen and oxygen atoms in total. The van der Waals surface area contributed by atoms with Crippen LogP contribution < -0.4 is 10.5 Å². The summed E-state index contributed by atoms with van der Waals surface area (Å²) in [5, 5.41) is 9.62. The highest BCUT2D eigenvalue weighted by molar-refractivity contribution is 5.90. The zero-order valence-corrected chi connectivity index (χ0v) is 10.8. The molecule has 1 atom stereocenters. The van der Waals surface area contributed by atoms with Gasteiger partial charge in [0.1, 0.15) is 12.4 Å². The van der Waals surface area contributed by atoms with E-state index in [0.29, 0.717) is 17.0 Å². The summed E-state index contributed by atoms with van der Waals surface area (Å²) < 4.78 is 9.99. The summed E-state index contributed by atoms with van der Waals surface area (Å²) in [4.78, 5) is 11.3. The Morgan fingerprint density at radius 3 is 2.61 bits per heavy atom. The van der Waals surface area contributed by atoms with Crippen molar-refractivity contribution in [2.45, 2.75) is 20.0 Å². The molecule has 0 amide bonds. The van der Waals surface area contributed by atoms with Crippen molar-refractivity contribution in [3.05, 3.63) is 23.8 Å². The molecule has 0 aromatic heterocycles. The number of ether oxygens (including phenoxy) is 2. The van der Waals surface area contributed by atoms with Gasteiger partial charge in [0.05, 0.1) is 24.5 Å². The second-order valence-electron chi connectivity index (χ2n) is 4.37. The highest BCUT2D eigenvalue weighted by atomic mass is 16.5. The molecule has 1 aromatic carbocycles. The average molecular weight is 253 g/mol. The van der Waals surface area contributed by atoms with Crippen molar-refractivity contribution in [1.29, 1.82) is 0 Å². The number of nitrogens with two attached hydrogens (primary N) is 1. The number of methoxy groups -OCH3 is 1. The molecular formula is C13H19NO4. The summed E-state index contributed by atoms with van der Waals surface area (Å²) in [5.74, 6) is 0.110. The van der Waals surface area contributed by atoms with E-state index in [4.69, 9.17) is 10.5 Å². The molecule has 0 radical (unpaired) electrons. The molecular weight excluding hydrogens is 234 g/mol. The second kappa shape index (κ2) is 6.26. The first-order valence-corrected chi connectivity index (χ1v) is 5.74. The van der Waals surface area contributed by atoms with Gasteiger partial charge in [-0.05, 0) is 24.1 Å². The van der Waals surface area contributed by atoms with Gasteiger partial charge in [-0.15, -0.1) is 0 Å². The zero-order chi connectivity index (χ0) is 13.7. The van der Waals surface area contributed by atoms with Crippen molar-refractivity contribution in [2.24, 2.45) is 5.92 Å². The van der Waals surface area contributed by atoms with Gasteiger partial charge in [0.15, 0.2) is 0 Å². The van der Waals surface area contributed by atoms with Crippen LogP contribution in [0.4, 0.5) is 5.69 Å². The van der Waals surface area contributed by atoms with Crippen molar-refractivity contribution in [2.75, 3.05) is 19.5 Å². The molecule has 0 aliphatic carbocycles. The lowest BCUT2D eigenvalue weighted by Crippen LogP contribution is -2.23. The fourth-order valence-corrected chi connectivity index (χ4v) is 1.29. The summed E-state index contributed by atoms with van der Waals surface area (Å²) in [6, 6.07) is 4.65. The SMILES string of the molecule is COC(=O)c1ccc(OCC(O)C(C)C)c(N)c1. The maximum atomic E-state index is 11.3. The van der Waals surface area contributed by atoms with Gasteiger partial charge in [0.2, 0.25) is 0 Å². The van der Waals surface area contributed by atoms with Gasteiger partial charge in [-0.1, -0.05) is 13.8 Å². The molecule has 5 heteroatoms. The lowest BCUT2D eigenvalue weighted by Gasteiger charge is -2.16. The monoisotopic (exact) mass is 253 g/mol. The molecule has 0 heterocycles. The number of carbonyl (C=O) groups excluding carboxylic acids is 1. The first kappa shape index (κ1) is 14.3. The number of nitrogen functional groups attached to an aromatic ring is 1.